The van der Waals surface area contributed by atoms with Crippen molar-refractivity contribution < 1.29 is 18.3 Å². The molecule has 0 bridgehead atoms. The maximum atomic E-state index is 13.8. The lowest BCUT2D eigenvalue weighted by molar-refractivity contribution is 0.1000. The van der Waals surface area contributed by atoms with Gasteiger partial charge in [-0.3, -0.25) is 4.79 Å². The Morgan fingerprint density at radius 3 is 2.34 bits per heavy atom. The molecule has 0 atom stereocenters. The highest BCUT2D eigenvalue weighted by Crippen LogP contribution is 2.20. The monoisotopic (exact) mass is 397 g/mol. The molecule has 3 aromatic rings. The van der Waals surface area contributed by atoms with Crippen LogP contribution in [0.1, 0.15) is 21.5 Å². The van der Waals surface area contributed by atoms with Gasteiger partial charge in [-0.1, -0.05) is 18.2 Å². The molecule has 7 heteroatoms. The fourth-order valence-electron chi connectivity index (χ4n) is 2.78. The van der Waals surface area contributed by atoms with Crippen molar-refractivity contribution in [2.24, 2.45) is 5.73 Å². The van der Waals surface area contributed by atoms with E-state index < -0.39 is 17.5 Å². The van der Waals surface area contributed by atoms with Crippen LogP contribution in [0.2, 0.25) is 0 Å². The first-order valence-electron chi connectivity index (χ1n) is 9.06. The molecule has 150 valence electrons. The minimum atomic E-state index is -0.545. The Balaban J connectivity index is 1.53. The van der Waals surface area contributed by atoms with Crippen molar-refractivity contribution in [1.82, 2.24) is 9.88 Å². The predicted octanol–water partition coefficient (Wildman–Crippen LogP) is 3.93. The normalized spacial score (nSPS) is 10.9. The van der Waals surface area contributed by atoms with Gasteiger partial charge in [-0.05, 0) is 49.4 Å². The Morgan fingerprint density at radius 2 is 1.76 bits per heavy atom. The fraction of sp³-hybridized carbons (Fsp3) is 0.182. The van der Waals surface area contributed by atoms with E-state index >= 15 is 0 Å². The number of pyridine rings is 1. The number of aromatic nitrogens is 1. The van der Waals surface area contributed by atoms with E-state index in [2.05, 4.69) is 4.98 Å². The smallest absolute Gasteiger partial charge is 0.250 e. The quantitative estimate of drug-likeness (QED) is 0.625. The molecule has 2 N–H and O–H groups in total. The topological polar surface area (TPSA) is 68.5 Å². The zero-order chi connectivity index (χ0) is 20.8. The molecule has 5 nitrogen and oxygen atoms in total. The number of hydrogen-bond donors (Lipinski definition) is 1. The van der Waals surface area contributed by atoms with Crippen LogP contribution in [0.25, 0.3) is 0 Å². The number of nitrogens with two attached hydrogens (primary N) is 1. The van der Waals surface area contributed by atoms with E-state index in [1.165, 1.54) is 24.4 Å². The van der Waals surface area contributed by atoms with Gasteiger partial charge in [0.05, 0.1) is 5.56 Å². The number of primary amides is 1. The number of rotatable bonds is 8. The molecule has 0 saturated carbocycles. The Hall–Kier alpha value is -3.32. The summed E-state index contributed by atoms with van der Waals surface area (Å²) in [5.41, 5.74) is 6.63. The second kappa shape index (κ2) is 9.25. The van der Waals surface area contributed by atoms with E-state index in [0.29, 0.717) is 23.7 Å². The molecule has 0 aliphatic rings. The van der Waals surface area contributed by atoms with Crippen LogP contribution in [0.15, 0.2) is 60.8 Å². The van der Waals surface area contributed by atoms with Crippen molar-refractivity contribution in [3.63, 3.8) is 0 Å². The van der Waals surface area contributed by atoms with Gasteiger partial charge in [-0.2, -0.15) is 0 Å². The number of hydrogen-bond acceptors (Lipinski definition) is 4. The number of halogens is 2. The molecule has 1 heterocycles. The van der Waals surface area contributed by atoms with Crippen molar-refractivity contribution in [2.45, 2.75) is 13.0 Å². The standard InChI is InChI=1S/C22H21F2N3O2/c1-27(14-18-19(23)3-2-4-20(18)24)12-11-15-5-8-17(9-6-15)29-21-10-7-16(13-26-21)22(25)28/h2-10,13H,11-12,14H2,1H3,(H2,25,28). The maximum Gasteiger partial charge on any atom is 0.250 e. The number of ether oxygens (including phenoxy) is 1. The van der Waals surface area contributed by atoms with Gasteiger partial charge in [-0.25, -0.2) is 13.8 Å². The number of benzene rings is 2. The first-order chi connectivity index (χ1) is 13.9. The average Bonchev–Trinajstić information content (AvgIpc) is 2.71. The van der Waals surface area contributed by atoms with Crippen LogP contribution in [0.3, 0.4) is 0 Å². The minimum absolute atomic E-state index is 0.0774. The van der Waals surface area contributed by atoms with Crippen LogP contribution in [0.5, 0.6) is 11.6 Å². The van der Waals surface area contributed by atoms with Crippen LogP contribution >= 0.6 is 0 Å². The molecule has 29 heavy (non-hydrogen) atoms. The van der Waals surface area contributed by atoms with Crippen molar-refractivity contribution >= 4 is 5.91 Å². The molecule has 2 aromatic carbocycles. The highest BCUT2D eigenvalue weighted by atomic mass is 19.1. The van der Waals surface area contributed by atoms with E-state index in [-0.39, 0.29) is 12.1 Å². The molecule has 3 rings (SSSR count). The van der Waals surface area contributed by atoms with Gasteiger partial charge in [0.15, 0.2) is 0 Å². The Bertz CT molecular complexity index is 956. The average molecular weight is 397 g/mol. The summed E-state index contributed by atoms with van der Waals surface area (Å²) in [5.74, 6) is -0.646. The third-order valence-electron chi connectivity index (χ3n) is 4.44. The summed E-state index contributed by atoms with van der Waals surface area (Å²) in [6.07, 6.45) is 2.08. The molecule has 1 aromatic heterocycles. The Morgan fingerprint density at radius 1 is 1.07 bits per heavy atom. The summed E-state index contributed by atoms with van der Waals surface area (Å²) < 4.78 is 33.1. The van der Waals surface area contributed by atoms with Crippen LogP contribution in [0, 0.1) is 11.6 Å². The first-order valence-corrected chi connectivity index (χ1v) is 9.06. The van der Waals surface area contributed by atoms with E-state index in [4.69, 9.17) is 10.5 Å². The summed E-state index contributed by atoms with van der Waals surface area (Å²) in [6.45, 7) is 0.844. The van der Waals surface area contributed by atoms with E-state index in [1.54, 1.807) is 12.1 Å². The third kappa shape index (κ3) is 5.58. The number of amides is 1. The van der Waals surface area contributed by atoms with Gasteiger partial charge in [-0.15, -0.1) is 0 Å². The molecule has 0 fully saturated rings. The van der Waals surface area contributed by atoms with Gasteiger partial charge in [0.1, 0.15) is 17.4 Å². The lowest BCUT2D eigenvalue weighted by atomic mass is 10.1. The lowest BCUT2D eigenvalue weighted by Gasteiger charge is -2.17. The zero-order valence-corrected chi connectivity index (χ0v) is 15.9. The molecule has 0 unspecified atom stereocenters. The number of nitrogens with zero attached hydrogens (tertiary/aromatic N) is 2. The number of likely N-dealkylation sites (N-methyl/N-ethyl adjacent to an activating group) is 1. The SMILES string of the molecule is CN(CCc1ccc(Oc2ccc(C(N)=O)cn2)cc1)Cc1c(F)cccc1F. The maximum absolute atomic E-state index is 13.8. The van der Waals surface area contributed by atoms with Gasteiger partial charge in [0.2, 0.25) is 11.8 Å². The zero-order valence-electron chi connectivity index (χ0n) is 15.9. The lowest BCUT2D eigenvalue weighted by Crippen LogP contribution is -2.22. The molecular formula is C22H21F2N3O2. The second-order valence-corrected chi connectivity index (χ2v) is 6.68. The predicted molar refractivity (Wildman–Crippen MR) is 106 cm³/mol. The molecule has 0 aliphatic carbocycles. The summed E-state index contributed by atoms with van der Waals surface area (Å²) in [4.78, 5) is 17.0. The minimum Gasteiger partial charge on any atom is -0.439 e. The number of carbonyl (C=O) groups is 1. The van der Waals surface area contributed by atoms with Crippen LogP contribution in [-0.4, -0.2) is 29.4 Å². The van der Waals surface area contributed by atoms with E-state index in [0.717, 1.165) is 12.0 Å². The van der Waals surface area contributed by atoms with Crippen molar-refractivity contribution in [1.29, 1.82) is 0 Å². The third-order valence-corrected chi connectivity index (χ3v) is 4.44. The highest BCUT2D eigenvalue weighted by Gasteiger charge is 2.11. The fourth-order valence-corrected chi connectivity index (χ4v) is 2.78. The van der Waals surface area contributed by atoms with Crippen LogP contribution in [-0.2, 0) is 13.0 Å². The summed E-state index contributed by atoms with van der Waals surface area (Å²) >= 11 is 0. The van der Waals surface area contributed by atoms with Crippen molar-refractivity contribution in [3.05, 3.63) is 89.1 Å². The van der Waals surface area contributed by atoms with Gasteiger partial charge < -0.3 is 15.4 Å². The van der Waals surface area contributed by atoms with Gasteiger partial charge >= 0.3 is 0 Å². The molecule has 0 saturated heterocycles. The Kier molecular flexibility index (Phi) is 6.51. The number of carbonyl (C=O) groups excluding carboxylic acids is 1. The molecule has 0 aliphatic heterocycles. The Labute approximate surface area is 167 Å². The van der Waals surface area contributed by atoms with Crippen LogP contribution < -0.4 is 10.5 Å². The molecule has 0 radical (unpaired) electrons. The summed E-state index contributed by atoms with van der Waals surface area (Å²) in [6, 6.07) is 14.5. The molecule has 0 spiro atoms. The highest BCUT2D eigenvalue weighted by molar-refractivity contribution is 5.92. The largest absolute Gasteiger partial charge is 0.439 e. The van der Waals surface area contributed by atoms with E-state index in [9.17, 15) is 13.6 Å². The van der Waals surface area contributed by atoms with Crippen molar-refractivity contribution in [2.75, 3.05) is 13.6 Å². The van der Waals surface area contributed by atoms with Gasteiger partial charge in [0.25, 0.3) is 0 Å². The summed E-state index contributed by atoms with van der Waals surface area (Å²) in [7, 11) is 1.82. The van der Waals surface area contributed by atoms with E-state index in [1.807, 2.05) is 36.2 Å². The van der Waals surface area contributed by atoms with Crippen LogP contribution in [0.4, 0.5) is 8.78 Å². The second-order valence-electron chi connectivity index (χ2n) is 6.68. The molecule has 1 amide bonds. The first kappa shape index (κ1) is 20.4. The molecular weight excluding hydrogens is 376 g/mol. The summed E-state index contributed by atoms with van der Waals surface area (Å²) in [5, 5.41) is 0. The van der Waals surface area contributed by atoms with Crippen molar-refractivity contribution in [3.8, 4) is 11.6 Å². The van der Waals surface area contributed by atoms with Gasteiger partial charge in [0, 0.05) is 30.9 Å².